The van der Waals surface area contributed by atoms with Crippen LogP contribution in [0, 0.1) is 11.6 Å². The zero-order valence-corrected chi connectivity index (χ0v) is 11.4. The van der Waals surface area contributed by atoms with Gasteiger partial charge in [0.1, 0.15) is 11.6 Å². The Morgan fingerprint density at radius 2 is 1.89 bits per heavy atom. The smallest absolute Gasteiger partial charge is 0.174 e. The molecule has 0 aliphatic heterocycles. The molecule has 0 bridgehead atoms. The predicted molar refractivity (Wildman–Crippen MR) is 69.5 cm³/mol. The number of rotatable bonds is 4. The van der Waals surface area contributed by atoms with E-state index in [4.69, 9.17) is 10.2 Å². The maximum absolute atomic E-state index is 13.2. The highest BCUT2D eigenvalue weighted by Crippen LogP contribution is 2.35. The van der Waals surface area contributed by atoms with Gasteiger partial charge in [-0.05, 0) is 39.7 Å². The number of benzene rings is 1. The van der Waals surface area contributed by atoms with Gasteiger partial charge in [0.05, 0.1) is 12.4 Å². The van der Waals surface area contributed by atoms with Gasteiger partial charge in [0.25, 0.3) is 0 Å². The number of hydrogen-bond acceptors (Lipinski definition) is 3. The minimum Gasteiger partial charge on any atom is -0.457 e. The summed E-state index contributed by atoms with van der Waals surface area (Å²) in [5.74, 6) is -2.03. The molecule has 2 atom stereocenters. The van der Waals surface area contributed by atoms with Gasteiger partial charge < -0.3 is 15.3 Å². The lowest BCUT2D eigenvalue weighted by molar-refractivity contribution is 0.145. The summed E-state index contributed by atoms with van der Waals surface area (Å²) in [7, 11) is 0. The lowest BCUT2D eigenvalue weighted by Gasteiger charge is -2.21. The average molecular weight is 332 g/mol. The Kier molecular flexibility index (Phi) is 4.34. The molecule has 0 amide bonds. The molecule has 0 fully saturated rings. The van der Waals surface area contributed by atoms with Crippen LogP contribution in [0.15, 0.2) is 39.6 Å². The van der Waals surface area contributed by atoms with Gasteiger partial charge in [-0.1, -0.05) is 0 Å². The fourth-order valence-corrected chi connectivity index (χ4v) is 2.44. The molecule has 0 saturated carbocycles. The van der Waals surface area contributed by atoms with Gasteiger partial charge >= 0.3 is 0 Å². The Morgan fingerprint density at radius 3 is 2.37 bits per heavy atom. The first-order chi connectivity index (χ1) is 9.02. The largest absolute Gasteiger partial charge is 0.457 e. The summed E-state index contributed by atoms with van der Waals surface area (Å²) in [6.45, 7) is 0.0433. The molecule has 0 radical (unpaired) electrons. The fraction of sp³-hybridized carbons (Fsp3) is 0.231. The Morgan fingerprint density at radius 1 is 1.26 bits per heavy atom. The lowest BCUT2D eigenvalue weighted by atomic mass is 9.90. The van der Waals surface area contributed by atoms with Gasteiger partial charge in [0.2, 0.25) is 0 Å². The first-order valence-corrected chi connectivity index (χ1v) is 6.39. The van der Waals surface area contributed by atoms with Crippen LogP contribution < -0.4 is 5.73 Å². The summed E-state index contributed by atoms with van der Waals surface area (Å²) in [5, 5.41) is 10.3. The SMILES string of the molecule is NCC(c1cc(F)cc(F)c1)C(O)c1ccoc1Br. The third-order valence-corrected chi connectivity index (χ3v) is 3.56. The van der Waals surface area contributed by atoms with Crippen LogP contribution in [-0.4, -0.2) is 11.7 Å². The summed E-state index contributed by atoms with van der Waals surface area (Å²) in [6, 6.07) is 4.68. The number of halogens is 3. The van der Waals surface area contributed by atoms with E-state index in [1.54, 1.807) is 6.07 Å². The van der Waals surface area contributed by atoms with Gasteiger partial charge in [0.15, 0.2) is 4.67 Å². The topological polar surface area (TPSA) is 59.4 Å². The van der Waals surface area contributed by atoms with Crippen molar-refractivity contribution >= 4 is 15.9 Å². The zero-order valence-electron chi connectivity index (χ0n) is 9.82. The monoisotopic (exact) mass is 331 g/mol. The molecule has 1 aromatic carbocycles. The quantitative estimate of drug-likeness (QED) is 0.905. The first-order valence-electron chi connectivity index (χ1n) is 5.60. The van der Waals surface area contributed by atoms with Gasteiger partial charge in [-0.25, -0.2) is 8.78 Å². The molecule has 0 spiro atoms. The molecule has 0 saturated heterocycles. The third-order valence-electron chi connectivity index (χ3n) is 2.91. The summed E-state index contributed by atoms with van der Waals surface area (Å²) < 4.78 is 31.8. The van der Waals surface area contributed by atoms with E-state index in [2.05, 4.69) is 15.9 Å². The molecule has 1 heterocycles. The van der Waals surface area contributed by atoms with Crippen LogP contribution in [0.4, 0.5) is 8.78 Å². The molecule has 0 aliphatic carbocycles. The Bertz CT molecular complexity index is 553. The Balaban J connectivity index is 2.36. The number of hydrogen-bond donors (Lipinski definition) is 2. The van der Waals surface area contributed by atoms with Crippen molar-refractivity contribution in [1.29, 1.82) is 0 Å². The van der Waals surface area contributed by atoms with Gasteiger partial charge in [-0.15, -0.1) is 0 Å². The maximum atomic E-state index is 13.2. The second kappa shape index (κ2) is 5.81. The molecule has 3 nitrogen and oxygen atoms in total. The third kappa shape index (κ3) is 3.02. The molecule has 2 unspecified atom stereocenters. The van der Waals surface area contributed by atoms with E-state index >= 15 is 0 Å². The van der Waals surface area contributed by atoms with Crippen molar-refractivity contribution in [3.05, 3.63) is 58.0 Å². The number of nitrogens with two attached hydrogens (primary N) is 1. The Labute approximate surface area is 117 Å². The van der Waals surface area contributed by atoms with Crippen LogP contribution >= 0.6 is 15.9 Å². The maximum Gasteiger partial charge on any atom is 0.174 e. The van der Waals surface area contributed by atoms with Crippen molar-refractivity contribution in [2.75, 3.05) is 6.54 Å². The second-order valence-corrected chi connectivity index (χ2v) is 4.86. The van der Waals surface area contributed by atoms with Crippen molar-refractivity contribution in [2.45, 2.75) is 12.0 Å². The summed E-state index contributed by atoms with van der Waals surface area (Å²) in [4.78, 5) is 0. The fourth-order valence-electron chi connectivity index (χ4n) is 1.97. The van der Waals surface area contributed by atoms with Crippen LogP contribution in [0.1, 0.15) is 23.1 Å². The first kappa shape index (κ1) is 14.2. The Hall–Kier alpha value is -1.24. The van der Waals surface area contributed by atoms with E-state index in [-0.39, 0.29) is 6.54 Å². The molecular weight excluding hydrogens is 320 g/mol. The molecule has 19 heavy (non-hydrogen) atoms. The summed E-state index contributed by atoms with van der Waals surface area (Å²) >= 11 is 3.15. The average Bonchev–Trinajstić information content (AvgIpc) is 2.75. The second-order valence-electron chi connectivity index (χ2n) is 4.14. The van der Waals surface area contributed by atoms with Gasteiger partial charge in [0, 0.05) is 24.1 Å². The summed E-state index contributed by atoms with van der Waals surface area (Å²) in [6.07, 6.45) is 0.391. The standard InChI is InChI=1S/C13H12BrF2NO2/c14-13-10(1-2-19-13)12(18)11(6-17)7-3-8(15)5-9(16)4-7/h1-5,11-12,18H,6,17H2. The number of furan rings is 1. The molecule has 0 aliphatic rings. The minimum atomic E-state index is -1.01. The van der Waals surface area contributed by atoms with E-state index in [1.165, 1.54) is 6.26 Å². The van der Waals surface area contributed by atoms with E-state index < -0.39 is 23.7 Å². The van der Waals surface area contributed by atoms with Crippen LogP contribution in [0.5, 0.6) is 0 Å². The molecular formula is C13H12BrF2NO2. The van der Waals surface area contributed by atoms with Crippen molar-refractivity contribution in [1.82, 2.24) is 0 Å². The molecule has 2 rings (SSSR count). The highest BCUT2D eigenvalue weighted by molar-refractivity contribution is 9.10. The summed E-state index contributed by atoms with van der Waals surface area (Å²) in [5.41, 5.74) is 6.40. The number of aliphatic hydroxyl groups is 1. The van der Waals surface area contributed by atoms with Gasteiger partial charge in [-0.2, -0.15) is 0 Å². The van der Waals surface area contributed by atoms with Crippen molar-refractivity contribution in [3.63, 3.8) is 0 Å². The van der Waals surface area contributed by atoms with E-state index in [1.807, 2.05) is 0 Å². The highest BCUT2D eigenvalue weighted by Gasteiger charge is 2.25. The number of aliphatic hydroxyl groups excluding tert-OH is 1. The van der Waals surface area contributed by atoms with E-state index in [9.17, 15) is 13.9 Å². The molecule has 1 aromatic heterocycles. The highest BCUT2D eigenvalue weighted by atomic mass is 79.9. The molecule has 6 heteroatoms. The van der Waals surface area contributed by atoms with E-state index in [0.29, 0.717) is 15.8 Å². The minimum absolute atomic E-state index is 0.0433. The predicted octanol–water partition coefficient (Wildman–Crippen LogP) is 3.10. The van der Waals surface area contributed by atoms with Gasteiger partial charge in [-0.3, -0.25) is 0 Å². The molecule has 102 valence electrons. The lowest BCUT2D eigenvalue weighted by Crippen LogP contribution is -2.20. The van der Waals surface area contributed by atoms with E-state index in [0.717, 1.165) is 18.2 Å². The molecule has 2 aromatic rings. The van der Waals surface area contributed by atoms with Crippen LogP contribution in [-0.2, 0) is 0 Å². The van der Waals surface area contributed by atoms with Crippen LogP contribution in [0.3, 0.4) is 0 Å². The van der Waals surface area contributed by atoms with Crippen LogP contribution in [0.2, 0.25) is 0 Å². The van der Waals surface area contributed by atoms with Crippen LogP contribution in [0.25, 0.3) is 0 Å². The van der Waals surface area contributed by atoms with Crippen molar-refractivity contribution in [2.24, 2.45) is 5.73 Å². The normalized spacial score (nSPS) is 14.4. The van der Waals surface area contributed by atoms with Crippen molar-refractivity contribution in [3.8, 4) is 0 Å². The zero-order chi connectivity index (χ0) is 14.0. The van der Waals surface area contributed by atoms with Crippen molar-refractivity contribution < 1.29 is 18.3 Å². The molecule has 3 N–H and O–H groups in total.